The number of fused-ring (bicyclic) bond motifs is 1. The number of hydrogen-bond acceptors (Lipinski definition) is 6. The summed E-state index contributed by atoms with van der Waals surface area (Å²) in [6.45, 7) is 1.75. The van der Waals surface area contributed by atoms with Crippen molar-refractivity contribution in [3.63, 3.8) is 0 Å². The summed E-state index contributed by atoms with van der Waals surface area (Å²) in [5, 5.41) is 3.07. The number of rotatable bonds is 4. The molecule has 1 atom stereocenters. The lowest BCUT2D eigenvalue weighted by atomic mass is 9.82. The van der Waals surface area contributed by atoms with E-state index in [0.717, 1.165) is 0 Å². The number of anilines is 1. The third-order valence-corrected chi connectivity index (χ3v) is 5.05. The molecule has 0 aliphatic carbocycles. The Morgan fingerprint density at radius 2 is 1.77 bits per heavy atom. The van der Waals surface area contributed by atoms with Gasteiger partial charge in [0.1, 0.15) is 17.3 Å². The molecule has 3 N–H and O–H groups in total. The summed E-state index contributed by atoms with van der Waals surface area (Å²) in [5.41, 5.74) is 1.60. The Kier molecular flexibility index (Phi) is 5.24. The monoisotopic (exact) mass is 421 g/mol. The summed E-state index contributed by atoms with van der Waals surface area (Å²) < 4.78 is 11.1. The van der Waals surface area contributed by atoms with Gasteiger partial charge in [-0.05, 0) is 49.0 Å². The molecule has 7 nitrogen and oxygen atoms in total. The number of esters is 1. The first-order chi connectivity index (χ1) is 14.5. The van der Waals surface area contributed by atoms with Crippen molar-refractivity contribution < 1.29 is 14.3 Å². The first kappa shape index (κ1) is 19.7. The Labute approximate surface area is 177 Å². The van der Waals surface area contributed by atoms with E-state index >= 15 is 0 Å². The van der Waals surface area contributed by atoms with E-state index in [1.54, 1.807) is 6.92 Å². The fourth-order valence-corrected chi connectivity index (χ4v) is 3.78. The smallest absolute Gasteiger partial charge is 0.336 e. The van der Waals surface area contributed by atoms with Crippen LogP contribution in [-0.4, -0.2) is 23.0 Å². The van der Waals surface area contributed by atoms with Crippen molar-refractivity contribution in [1.29, 1.82) is 0 Å². The fourth-order valence-electron chi connectivity index (χ4n) is 3.58. The van der Waals surface area contributed by atoms with E-state index < -0.39 is 11.9 Å². The number of nitrogens with one attached hydrogen (secondary N) is 3. The Morgan fingerprint density at radius 3 is 2.50 bits per heavy atom. The predicted molar refractivity (Wildman–Crippen MR) is 115 cm³/mol. The van der Waals surface area contributed by atoms with Gasteiger partial charge in [-0.15, -0.1) is 0 Å². The molecule has 0 radical (unpaired) electrons. The number of allylic oxidation sites excluding steroid dienone is 1. The van der Waals surface area contributed by atoms with Gasteiger partial charge in [0.2, 0.25) is 0 Å². The average Bonchev–Trinajstić information content (AvgIpc) is 2.73. The molecule has 30 heavy (non-hydrogen) atoms. The lowest BCUT2D eigenvalue weighted by Crippen LogP contribution is -2.30. The van der Waals surface area contributed by atoms with Crippen LogP contribution < -0.4 is 15.6 Å². The standard InChI is InChI=1S/C22H19N3O4S/c1-12-16(21(27)28-2)17(18-19(23-12)24-22(30)25-20(18)26)13-7-6-10-15(11-13)29-14-8-4-3-5-9-14/h3-11,17H,1-2H3,(H3,23,24,25,26,30). The molecule has 8 heteroatoms. The predicted octanol–water partition coefficient (Wildman–Crippen LogP) is 4.23. The van der Waals surface area contributed by atoms with E-state index in [1.807, 2.05) is 54.6 Å². The Hall–Kier alpha value is -3.65. The molecule has 0 saturated carbocycles. The molecule has 1 unspecified atom stereocenters. The second kappa shape index (κ2) is 8.00. The summed E-state index contributed by atoms with van der Waals surface area (Å²) in [4.78, 5) is 31.0. The van der Waals surface area contributed by atoms with Crippen LogP contribution in [0.3, 0.4) is 0 Å². The molecule has 0 fully saturated rings. The van der Waals surface area contributed by atoms with E-state index in [0.29, 0.717) is 39.7 Å². The van der Waals surface area contributed by atoms with Gasteiger partial charge >= 0.3 is 5.97 Å². The van der Waals surface area contributed by atoms with E-state index in [2.05, 4.69) is 15.3 Å². The van der Waals surface area contributed by atoms with Crippen molar-refractivity contribution >= 4 is 24.0 Å². The van der Waals surface area contributed by atoms with Crippen LogP contribution in [0.25, 0.3) is 0 Å². The van der Waals surface area contributed by atoms with Crippen LogP contribution in [0, 0.1) is 4.77 Å². The molecule has 0 bridgehead atoms. The molecule has 1 aliphatic heterocycles. The highest BCUT2D eigenvalue weighted by molar-refractivity contribution is 7.71. The van der Waals surface area contributed by atoms with Crippen LogP contribution in [0.2, 0.25) is 0 Å². The van der Waals surface area contributed by atoms with Gasteiger partial charge < -0.3 is 19.8 Å². The third kappa shape index (κ3) is 3.65. The average molecular weight is 421 g/mol. The lowest BCUT2D eigenvalue weighted by Gasteiger charge is -2.28. The van der Waals surface area contributed by atoms with Crippen molar-refractivity contribution in [3.8, 4) is 11.5 Å². The Morgan fingerprint density at radius 1 is 1.03 bits per heavy atom. The second-order valence-corrected chi connectivity index (χ2v) is 7.18. The SMILES string of the molecule is COC(=O)C1=C(C)Nc2[nH]c(=S)[nH]c(=O)c2C1c1cccc(Oc2ccccc2)c1. The van der Waals surface area contributed by atoms with Crippen molar-refractivity contribution in [2.24, 2.45) is 0 Å². The number of methoxy groups -OCH3 is 1. The van der Waals surface area contributed by atoms with Crippen LogP contribution >= 0.6 is 12.2 Å². The molecule has 1 aromatic heterocycles. The van der Waals surface area contributed by atoms with Gasteiger partial charge in [-0.25, -0.2) is 4.79 Å². The molecule has 1 aliphatic rings. The highest BCUT2D eigenvalue weighted by atomic mass is 32.1. The number of aromatic nitrogens is 2. The van der Waals surface area contributed by atoms with Crippen molar-refractivity contribution in [3.05, 3.63) is 92.1 Å². The van der Waals surface area contributed by atoms with E-state index in [9.17, 15) is 9.59 Å². The van der Waals surface area contributed by atoms with Crippen LogP contribution in [0.15, 0.2) is 70.7 Å². The van der Waals surface area contributed by atoms with Gasteiger partial charge in [0.15, 0.2) is 4.77 Å². The lowest BCUT2D eigenvalue weighted by molar-refractivity contribution is -0.136. The van der Waals surface area contributed by atoms with Crippen LogP contribution in [-0.2, 0) is 9.53 Å². The molecule has 4 rings (SSSR count). The minimum absolute atomic E-state index is 0.195. The summed E-state index contributed by atoms with van der Waals surface area (Å²) in [7, 11) is 1.31. The van der Waals surface area contributed by atoms with Gasteiger partial charge in [-0.2, -0.15) is 0 Å². The maximum absolute atomic E-state index is 12.8. The highest BCUT2D eigenvalue weighted by Gasteiger charge is 2.35. The maximum Gasteiger partial charge on any atom is 0.336 e. The maximum atomic E-state index is 12.8. The van der Waals surface area contributed by atoms with E-state index in [4.69, 9.17) is 21.7 Å². The molecule has 2 heterocycles. The van der Waals surface area contributed by atoms with Gasteiger partial charge in [0.25, 0.3) is 5.56 Å². The van der Waals surface area contributed by atoms with Crippen LogP contribution in [0.5, 0.6) is 11.5 Å². The Bertz CT molecular complexity index is 1260. The summed E-state index contributed by atoms with van der Waals surface area (Å²) in [5.74, 6) is 0.534. The molecule has 2 aromatic carbocycles. The van der Waals surface area contributed by atoms with Crippen LogP contribution in [0.4, 0.5) is 5.82 Å². The molecular formula is C22H19N3O4S. The normalized spacial score (nSPS) is 15.2. The first-order valence-corrected chi connectivity index (χ1v) is 9.64. The van der Waals surface area contributed by atoms with Gasteiger partial charge in [0.05, 0.1) is 24.2 Å². The van der Waals surface area contributed by atoms with E-state index in [-0.39, 0.29) is 10.3 Å². The van der Waals surface area contributed by atoms with Gasteiger partial charge in [0, 0.05) is 5.70 Å². The van der Waals surface area contributed by atoms with Gasteiger partial charge in [-0.1, -0.05) is 30.3 Å². The van der Waals surface area contributed by atoms with E-state index in [1.165, 1.54) is 7.11 Å². The Balaban J connectivity index is 1.87. The number of aromatic amines is 2. The topological polar surface area (TPSA) is 96.2 Å². The molecule has 0 amide bonds. The van der Waals surface area contributed by atoms with Crippen LogP contribution in [0.1, 0.15) is 24.0 Å². The molecule has 0 saturated heterocycles. The highest BCUT2D eigenvalue weighted by Crippen LogP contribution is 2.40. The minimum atomic E-state index is -0.663. The molecule has 3 aromatic rings. The zero-order valence-corrected chi connectivity index (χ0v) is 17.1. The summed E-state index contributed by atoms with van der Waals surface area (Å²) in [6, 6.07) is 16.6. The molecular weight excluding hydrogens is 402 g/mol. The quantitative estimate of drug-likeness (QED) is 0.431. The number of benzene rings is 2. The van der Waals surface area contributed by atoms with Gasteiger partial charge in [-0.3, -0.25) is 9.78 Å². The van der Waals surface area contributed by atoms with Crippen molar-refractivity contribution in [2.75, 3.05) is 12.4 Å². The minimum Gasteiger partial charge on any atom is -0.466 e. The summed E-state index contributed by atoms with van der Waals surface area (Å²) >= 11 is 5.10. The zero-order valence-electron chi connectivity index (χ0n) is 16.3. The number of para-hydroxylation sites is 1. The number of hydrogen-bond donors (Lipinski definition) is 3. The number of ether oxygens (including phenoxy) is 2. The molecule has 0 spiro atoms. The van der Waals surface area contributed by atoms with Crippen molar-refractivity contribution in [2.45, 2.75) is 12.8 Å². The first-order valence-electron chi connectivity index (χ1n) is 9.23. The largest absolute Gasteiger partial charge is 0.466 e. The summed E-state index contributed by atoms with van der Waals surface area (Å²) in [6.07, 6.45) is 0. The second-order valence-electron chi connectivity index (χ2n) is 6.77. The third-order valence-electron chi connectivity index (χ3n) is 4.85. The number of H-pyrrole nitrogens is 2. The number of carbonyl (C=O) groups excluding carboxylic acids is 1. The zero-order chi connectivity index (χ0) is 21.3. The molecule has 152 valence electrons. The number of carbonyl (C=O) groups is 1. The van der Waals surface area contributed by atoms with Crippen molar-refractivity contribution in [1.82, 2.24) is 9.97 Å². The fraction of sp³-hybridized carbons (Fsp3) is 0.136.